The standard InChI is InChI=1S/C17H37NO2Si2/c1-19-14-16-10-9-13-18(16)22(20-2,15-21(3,4)5)17-11-7-6-8-12-17/h16-17H,6-15H2,1-5H3/t16-,22-/m0/s1. The molecule has 0 aromatic rings. The normalized spacial score (nSPS) is 28.0. The van der Waals surface area contributed by atoms with E-state index in [0.29, 0.717) is 6.04 Å². The molecule has 2 atom stereocenters. The average Bonchev–Trinajstić information content (AvgIpc) is 2.94. The molecule has 0 spiro atoms. The van der Waals surface area contributed by atoms with Crippen molar-refractivity contribution in [2.75, 3.05) is 27.4 Å². The van der Waals surface area contributed by atoms with Crippen LogP contribution in [-0.4, -0.2) is 54.5 Å². The maximum absolute atomic E-state index is 6.56. The van der Waals surface area contributed by atoms with Crippen LogP contribution in [0.3, 0.4) is 0 Å². The molecule has 0 amide bonds. The van der Waals surface area contributed by atoms with Gasteiger partial charge in [0.05, 0.1) is 6.61 Å². The Hall–Kier alpha value is 0.314. The lowest BCUT2D eigenvalue weighted by Crippen LogP contribution is -2.64. The fraction of sp³-hybridized carbons (Fsp3) is 1.00. The molecule has 0 aromatic heterocycles. The summed E-state index contributed by atoms with van der Waals surface area (Å²) in [7, 11) is 0.864. The molecule has 130 valence electrons. The molecule has 2 rings (SSSR count). The molecular formula is C17H37NO2Si2. The molecule has 1 saturated carbocycles. The molecule has 1 saturated heterocycles. The fourth-order valence-corrected chi connectivity index (χ4v) is 17.2. The van der Waals surface area contributed by atoms with Crippen LogP contribution >= 0.6 is 0 Å². The number of methoxy groups -OCH3 is 1. The molecule has 5 heteroatoms. The maximum atomic E-state index is 6.56. The van der Waals surface area contributed by atoms with E-state index in [1.165, 1.54) is 57.2 Å². The van der Waals surface area contributed by atoms with Crippen LogP contribution in [0.4, 0.5) is 0 Å². The van der Waals surface area contributed by atoms with Crippen molar-refractivity contribution < 1.29 is 9.16 Å². The first kappa shape index (κ1) is 18.6. The molecule has 0 N–H and O–H groups in total. The van der Waals surface area contributed by atoms with Crippen LogP contribution in [0.2, 0.25) is 30.8 Å². The number of ether oxygens (including phenoxy) is 1. The van der Waals surface area contributed by atoms with E-state index < -0.39 is 16.6 Å². The first-order valence-electron chi connectivity index (χ1n) is 9.24. The van der Waals surface area contributed by atoms with E-state index in [9.17, 15) is 0 Å². The molecule has 0 unspecified atom stereocenters. The van der Waals surface area contributed by atoms with Gasteiger partial charge in [0.1, 0.15) is 0 Å². The number of hydrogen-bond acceptors (Lipinski definition) is 3. The smallest absolute Gasteiger partial charge is 0.271 e. The first-order chi connectivity index (χ1) is 10.4. The van der Waals surface area contributed by atoms with Crippen molar-refractivity contribution in [3.8, 4) is 0 Å². The Morgan fingerprint density at radius 2 is 1.64 bits per heavy atom. The highest BCUT2D eigenvalue weighted by Crippen LogP contribution is 2.45. The zero-order valence-electron chi connectivity index (χ0n) is 15.5. The third-order valence-electron chi connectivity index (χ3n) is 5.60. The minimum absolute atomic E-state index is 0.606. The van der Waals surface area contributed by atoms with Gasteiger partial charge in [-0.2, -0.15) is 0 Å². The second-order valence-corrected chi connectivity index (χ2v) is 18.6. The largest absolute Gasteiger partial charge is 0.406 e. The van der Waals surface area contributed by atoms with Gasteiger partial charge in [-0.1, -0.05) is 38.9 Å². The van der Waals surface area contributed by atoms with Crippen LogP contribution in [0.1, 0.15) is 44.9 Å². The predicted molar refractivity (Wildman–Crippen MR) is 99.4 cm³/mol. The second kappa shape index (κ2) is 7.92. The van der Waals surface area contributed by atoms with Gasteiger partial charge in [-0.3, -0.25) is 4.57 Å². The van der Waals surface area contributed by atoms with Gasteiger partial charge in [-0.25, -0.2) is 0 Å². The quantitative estimate of drug-likeness (QED) is 0.640. The summed E-state index contributed by atoms with van der Waals surface area (Å²) < 4.78 is 15.0. The van der Waals surface area contributed by atoms with Crippen molar-refractivity contribution >= 4 is 16.6 Å². The summed E-state index contributed by atoms with van der Waals surface area (Å²) in [6.07, 6.45) is 9.68. The van der Waals surface area contributed by atoms with Gasteiger partial charge in [-0.15, -0.1) is 0 Å². The Balaban J connectivity index is 2.29. The van der Waals surface area contributed by atoms with Crippen molar-refractivity contribution in [1.82, 2.24) is 4.57 Å². The summed E-state index contributed by atoms with van der Waals surface area (Å²) in [5.74, 6) is 0. The molecule has 2 fully saturated rings. The van der Waals surface area contributed by atoms with Crippen molar-refractivity contribution in [1.29, 1.82) is 0 Å². The molecule has 1 heterocycles. The zero-order valence-corrected chi connectivity index (χ0v) is 17.5. The summed E-state index contributed by atoms with van der Waals surface area (Å²) in [6, 6.07) is 0.606. The highest BCUT2D eigenvalue weighted by Gasteiger charge is 2.53. The molecular weight excluding hydrogens is 306 g/mol. The van der Waals surface area contributed by atoms with E-state index in [1.54, 1.807) is 0 Å². The summed E-state index contributed by atoms with van der Waals surface area (Å²) >= 11 is 0. The average molecular weight is 344 g/mol. The Bertz CT molecular complexity index is 342. The summed E-state index contributed by atoms with van der Waals surface area (Å²) in [5, 5.41) is 0. The molecule has 0 aromatic carbocycles. The second-order valence-electron chi connectivity index (χ2n) is 8.57. The highest BCUT2D eigenvalue weighted by molar-refractivity contribution is 6.92. The van der Waals surface area contributed by atoms with Gasteiger partial charge in [0.25, 0.3) is 8.48 Å². The van der Waals surface area contributed by atoms with Crippen LogP contribution in [0.15, 0.2) is 0 Å². The van der Waals surface area contributed by atoms with Crippen molar-refractivity contribution in [3.05, 3.63) is 0 Å². The molecule has 1 aliphatic carbocycles. The van der Waals surface area contributed by atoms with Gasteiger partial charge in [0.2, 0.25) is 0 Å². The monoisotopic (exact) mass is 343 g/mol. The van der Waals surface area contributed by atoms with Crippen molar-refractivity contribution in [3.63, 3.8) is 0 Å². The van der Waals surface area contributed by atoms with Crippen LogP contribution in [0.5, 0.6) is 0 Å². The summed E-state index contributed by atoms with van der Waals surface area (Å²) in [6.45, 7) is 9.71. The van der Waals surface area contributed by atoms with E-state index in [0.717, 1.165) is 12.1 Å². The number of hydrogen-bond donors (Lipinski definition) is 0. The Kier molecular flexibility index (Phi) is 6.72. The van der Waals surface area contributed by atoms with Crippen LogP contribution in [0.25, 0.3) is 0 Å². The lowest BCUT2D eigenvalue weighted by molar-refractivity contribution is 0.131. The number of rotatable bonds is 7. The molecule has 22 heavy (non-hydrogen) atoms. The van der Waals surface area contributed by atoms with E-state index in [1.807, 2.05) is 14.2 Å². The molecule has 0 bridgehead atoms. The minimum atomic E-state index is -1.86. The predicted octanol–water partition coefficient (Wildman–Crippen LogP) is 4.40. The van der Waals surface area contributed by atoms with Gasteiger partial charge in [-0.05, 0) is 43.4 Å². The van der Waals surface area contributed by atoms with Crippen LogP contribution in [0, 0.1) is 0 Å². The summed E-state index contributed by atoms with van der Waals surface area (Å²) in [4.78, 5) is 0. The van der Waals surface area contributed by atoms with E-state index in [-0.39, 0.29) is 0 Å². The maximum Gasteiger partial charge on any atom is 0.271 e. The van der Waals surface area contributed by atoms with Gasteiger partial charge in [0.15, 0.2) is 0 Å². The lowest BCUT2D eigenvalue weighted by Gasteiger charge is -2.49. The van der Waals surface area contributed by atoms with Crippen molar-refractivity contribution in [2.45, 2.75) is 81.8 Å². The van der Waals surface area contributed by atoms with E-state index >= 15 is 0 Å². The van der Waals surface area contributed by atoms with Crippen LogP contribution < -0.4 is 0 Å². The van der Waals surface area contributed by atoms with Crippen LogP contribution in [-0.2, 0) is 9.16 Å². The zero-order chi connectivity index (χ0) is 16.2. The minimum Gasteiger partial charge on any atom is -0.406 e. The SMILES string of the molecule is COC[C@@H]1CCCN1[Si@@](C[Si](C)(C)C)(OC)C1CCCCC1. The fourth-order valence-electron chi connectivity index (χ4n) is 4.85. The Morgan fingerprint density at radius 3 is 2.18 bits per heavy atom. The molecule has 0 radical (unpaired) electrons. The Labute approximate surface area is 140 Å². The molecule has 3 nitrogen and oxygen atoms in total. The van der Waals surface area contributed by atoms with Crippen molar-refractivity contribution in [2.24, 2.45) is 0 Å². The van der Waals surface area contributed by atoms with E-state index in [4.69, 9.17) is 9.16 Å². The van der Waals surface area contributed by atoms with Gasteiger partial charge < -0.3 is 9.16 Å². The highest BCUT2D eigenvalue weighted by atomic mass is 28.4. The van der Waals surface area contributed by atoms with Gasteiger partial charge >= 0.3 is 0 Å². The van der Waals surface area contributed by atoms with E-state index in [2.05, 4.69) is 24.2 Å². The third-order valence-corrected chi connectivity index (χ3v) is 16.0. The van der Waals surface area contributed by atoms with Gasteiger partial charge in [0, 0.05) is 28.3 Å². The molecule has 2 aliphatic rings. The number of nitrogens with zero attached hydrogens (tertiary/aromatic N) is 1. The topological polar surface area (TPSA) is 21.7 Å². The lowest BCUT2D eigenvalue weighted by atomic mass is 10.0. The first-order valence-corrected chi connectivity index (χ1v) is 15.1. The summed E-state index contributed by atoms with van der Waals surface area (Å²) in [5.41, 5.74) is 2.23. The Morgan fingerprint density at radius 1 is 0.955 bits per heavy atom. The third kappa shape index (κ3) is 4.23. The molecule has 1 aliphatic heterocycles.